The molecule has 0 aromatic carbocycles. The zero-order valence-corrected chi connectivity index (χ0v) is 23.5. The van der Waals surface area contributed by atoms with E-state index in [0.29, 0.717) is 0 Å². The Labute approximate surface area is 243 Å². The van der Waals surface area contributed by atoms with Crippen molar-refractivity contribution in [1.29, 1.82) is 0 Å². The van der Waals surface area contributed by atoms with Gasteiger partial charge in [-0.15, -0.1) is 0 Å². The molecule has 0 aliphatic carbocycles. The first kappa shape index (κ1) is 41.3. The van der Waals surface area contributed by atoms with Gasteiger partial charge in [0.1, 0.15) is 61.0 Å². The summed E-state index contributed by atoms with van der Waals surface area (Å²) in [6, 6.07) is 0. The second kappa shape index (κ2) is 25.6. The summed E-state index contributed by atoms with van der Waals surface area (Å²) in [5.41, 5.74) is 0. The molecule has 18 nitrogen and oxygen atoms in total. The van der Waals surface area contributed by atoms with Gasteiger partial charge >= 0.3 is 0 Å². The smallest absolute Gasteiger partial charge is 0.115 e. The third-order valence-corrected chi connectivity index (χ3v) is 5.47. The molecular weight excluding hydrogens is 576 g/mol. The van der Waals surface area contributed by atoms with E-state index in [0.717, 1.165) is 0 Å². The fraction of sp³-hybridized carbons (Fsp3) is 1.00. The normalized spacial score (nSPS) is 19.4. The summed E-state index contributed by atoms with van der Waals surface area (Å²) in [6.45, 7) is -7.59. The van der Waals surface area contributed by atoms with Crippen molar-refractivity contribution in [3.63, 3.8) is 0 Å². The van der Waals surface area contributed by atoms with Crippen LogP contribution < -0.4 is 0 Å². The third-order valence-electron chi connectivity index (χ3n) is 5.47. The zero-order chi connectivity index (χ0) is 31.9. The molecule has 6 unspecified atom stereocenters. The summed E-state index contributed by atoms with van der Waals surface area (Å²) in [5, 5.41) is 114. The molecule has 10 atom stereocenters. The van der Waals surface area contributed by atoms with E-state index in [4.69, 9.17) is 38.6 Å². The average molecular weight is 627 g/mol. The van der Waals surface area contributed by atoms with Crippen LogP contribution in [0.25, 0.3) is 0 Å². The Hall–Kier alpha value is -0.720. The molecule has 0 bridgehead atoms. The van der Waals surface area contributed by atoms with E-state index < -0.39 is 140 Å². The maximum Gasteiger partial charge on any atom is 0.115 e. The van der Waals surface area contributed by atoms with Crippen molar-refractivity contribution in [1.82, 2.24) is 0 Å². The highest BCUT2D eigenvalue weighted by molar-refractivity contribution is 4.88. The summed E-state index contributed by atoms with van der Waals surface area (Å²) in [5.74, 6) is 0. The maximum absolute atomic E-state index is 9.98. The van der Waals surface area contributed by atoms with Crippen LogP contribution in [0.1, 0.15) is 0 Å². The predicted molar refractivity (Wildman–Crippen MR) is 139 cm³/mol. The van der Waals surface area contributed by atoms with E-state index >= 15 is 0 Å². The van der Waals surface area contributed by atoms with E-state index in [1.165, 1.54) is 0 Å². The van der Waals surface area contributed by atoms with Gasteiger partial charge in [0, 0.05) is 0 Å². The molecule has 0 aliphatic heterocycles. The number of rotatable bonds is 29. The minimum atomic E-state index is -1.40. The zero-order valence-electron chi connectivity index (χ0n) is 23.5. The van der Waals surface area contributed by atoms with Crippen molar-refractivity contribution in [2.75, 3.05) is 92.5 Å². The van der Waals surface area contributed by atoms with Gasteiger partial charge in [-0.05, 0) is 0 Å². The molecular formula is C24H50O18. The molecule has 254 valence electrons. The quantitative estimate of drug-likeness (QED) is 0.0367. The van der Waals surface area contributed by atoms with Gasteiger partial charge < -0.3 is 89.7 Å². The molecule has 0 saturated heterocycles. The Balaban J connectivity index is 6.48. The van der Waals surface area contributed by atoms with E-state index in [1.807, 2.05) is 0 Å². The first-order valence-corrected chi connectivity index (χ1v) is 13.4. The Kier molecular flexibility index (Phi) is 25.2. The standard InChI is InChI=1S/C24H50O18/c25-1-15(31)7-37-13-21(39-9-17(33)3-27)23(41-11-19(35)5-29)24(42-12-20(36)6-30)22(40-10-18(34)4-28)14-38-8-16(32)2-26/h15-36H,1-14H2/t15?,16?,17?,18?,19?,20?,21-,22+,23+,24-. The molecule has 18 heteroatoms. The SMILES string of the molecule is OCC(O)COC[C@H](OCC(O)CO)[C@@H](OCC(O)CO)[C@@H](OCC(O)CO)[C@@H](COCC(O)CO)OCC(O)CO. The summed E-state index contributed by atoms with van der Waals surface area (Å²) < 4.78 is 33.9. The first-order valence-electron chi connectivity index (χ1n) is 13.4. The van der Waals surface area contributed by atoms with E-state index in [1.54, 1.807) is 0 Å². The monoisotopic (exact) mass is 626 g/mol. The molecule has 0 heterocycles. The third kappa shape index (κ3) is 18.8. The lowest BCUT2D eigenvalue weighted by Gasteiger charge is -2.38. The lowest BCUT2D eigenvalue weighted by molar-refractivity contribution is -0.218. The van der Waals surface area contributed by atoms with Crippen LogP contribution in [0, 0.1) is 0 Å². The second-order valence-electron chi connectivity index (χ2n) is 9.43. The lowest BCUT2D eigenvalue weighted by atomic mass is 10.0. The highest BCUT2D eigenvalue weighted by Gasteiger charge is 2.40. The maximum atomic E-state index is 9.98. The minimum Gasteiger partial charge on any atom is -0.394 e. The Bertz CT molecular complexity index is 556. The van der Waals surface area contributed by atoms with E-state index in [9.17, 15) is 51.1 Å². The van der Waals surface area contributed by atoms with Gasteiger partial charge in [-0.2, -0.15) is 0 Å². The summed E-state index contributed by atoms with van der Waals surface area (Å²) in [4.78, 5) is 0. The van der Waals surface area contributed by atoms with Gasteiger partial charge in [-0.25, -0.2) is 0 Å². The number of aliphatic hydroxyl groups is 12. The van der Waals surface area contributed by atoms with Crippen LogP contribution in [0.15, 0.2) is 0 Å². The van der Waals surface area contributed by atoms with Crippen LogP contribution in [0.3, 0.4) is 0 Å². The number of hydrogen-bond acceptors (Lipinski definition) is 18. The van der Waals surface area contributed by atoms with Gasteiger partial charge in [-0.1, -0.05) is 0 Å². The summed E-state index contributed by atoms with van der Waals surface area (Å²) >= 11 is 0. The molecule has 42 heavy (non-hydrogen) atoms. The average Bonchev–Trinajstić information content (AvgIpc) is 3.01. The Morgan fingerprint density at radius 2 is 0.548 bits per heavy atom. The fourth-order valence-corrected chi connectivity index (χ4v) is 3.17. The highest BCUT2D eigenvalue weighted by Crippen LogP contribution is 2.21. The second-order valence-corrected chi connectivity index (χ2v) is 9.43. The molecule has 0 amide bonds. The summed E-state index contributed by atoms with van der Waals surface area (Å²) in [7, 11) is 0. The summed E-state index contributed by atoms with van der Waals surface area (Å²) in [6.07, 6.45) is -13.4. The topological polar surface area (TPSA) is 298 Å². The Morgan fingerprint density at radius 1 is 0.310 bits per heavy atom. The van der Waals surface area contributed by atoms with Crippen molar-refractivity contribution in [3.05, 3.63) is 0 Å². The number of ether oxygens (including phenoxy) is 6. The molecule has 0 spiro atoms. The Morgan fingerprint density at radius 3 is 0.810 bits per heavy atom. The predicted octanol–water partition coefficient (Wildman–Crippen LogP) is -7.32. The number of aliphatic hydroxyl groups excluding tert-OH is 12. The molecule has 0 aromatic rings. The van der Waals surface area contributed by atoms with Crippen molar-refractivity contribution in [2.24, 2.45) is 0 Å². The van der Waals surface area contributed by atoms with Gasteiger partial charge in [0.15, 0.2) is 0 Å². The van der Waals surface area contributed by atoms with Crippen molar-refractivity contribution in [2.45, 2.75) is 61.0 Å². The minimum absolute atomic E-state index is 0.371. The van der Waals surface area contributed by atoms with Crippen molar-refractivity contribution in [3.8, 4) is 0 Å². The van der Waals surface area contributed by atoms with Crippen molar-refractivity contribution >= 4 is 0 Å². The molecule has 12 N–H and O–H groups in total. The van der Waals surface area contributed by atoms with Crippen LogP contribution in [0.2, 0.25) is 0 Å². The lowest BCUT2D eigenvalue weighted by Crippen LogP contribution is -2.54. The van der Waals surface area contributed by atoms with Gasteiger partial charge in [0.25, 0.3) is 0 Å². The van der Waals surface area contributed by atoms with Crippen LogP contribution in [-0.4, -0.2) is 215 Å². The molecule has 0 radical (unpaired) electrons. The fourth-order valence-electron chi connectivity index (χ4n) is 3.17. The van der Waals surface area contributed by atoms with Gasteiger partial charge in [0.2, 0.25) is 0 Å². The van der Waals surface area contributed by atoms with Crippen LogP contribution in [0.5, 0.6) is 0 Å². The first-order chi connectivity index (χ1) is 20.1. The van der Waals surface area contributed by atoms with E-state index in [2.05, 4.69) is 0 Å². The molecule has 0 fully saturated rings. The highest BCUT2D eigenvalue weighted by atomic mass is 16.6. The molecule has 0 rings (SSSR count). The van der Waals surface area contributed by atoms with Crippen LogP contribution in [0.4, 0.5) is 0 Å². The van der Waals surface area contributed by atoms with Crippen molar-refractivity contribution < 1.29 is 89.7 Å². The molecule has 0 aromatic heterocycles. The van der Waals surface area contributed by atoms with E-state index in [-0.39, 0.29) is 13.2 Å². The van der Waals surface area contributed by atoms with Gasteiger partial charge in [0.05, 0.1) is 92.5 Å². The number of hydrogen-bond donors (Lipinski definition) is 12. The molecule has 0 saturated carbocycles. The molecule has 0 aliphatic rings. The van der Waals surface area contributed by atoms with Crippen LogP contribution >= 0.6 is 0 Å². The van der Waals surface area contributed by atoms with Crippen LogP contribution in [-0.2, 0) is 28.4 Å². The largest absolute Gasteiger partial charge is 0.394 e. The van der Waals surface area contributed by atoms with Gasteiger partial charge in [-0.3, -0.25) is 0 Å².